The van der Waals surface area contributed by atoms with Crippen molar-refractivity contribution in [2.45, 2.75) is 38.3 Å². The summed E-state index contributed by atoms with van der Waals surface area (Å²) in [6, 6.07) is 2.12. The van der Waals surface area contributed by atoms with Gasteiger partial charge in [-0.2, -0.15) is 0 Å². The molecule has 0 aromatic carbocycles. The molecule has 1 atom stereocenters. The second kappa shape index (κ2) is 4.12. The zero-order chi connectivity index (χ0) is 13.6. The number of pyridine rings is 1. The van der Waals surface area contributed by atoms with Gasteiger partial charge in [0.1, 0.15) is 6.17 Å². The van der Waals surface area contributed by atoms with Crippen molar-refractivity contribution < 1.29 is 0 Å². The van der Waals surface area contributed by atoms with Crippen molar-refractivity contribution in [1.82, 2.24) is 9.88 Å². The van der Waals surface area contributed by atoms with E-state index in [2.05, 4.69) is 60.7 Å². The molecule has 2 aliphatic rings. The number of rotatable bonds is 2. The predicted molar refractivity (Wildman–Crippen MR) is 78.8 cm³/mol. The molecule has 0 saturated carbocycles. The van der Waals surface area contributed by atoms with E-state index in [1.165, 1.54) is 16.8 Å². The van der Waals surface area contributed by atoms with Crippen LogP contribution in [-0.4, -0.2) is 23.1 Å². The van der Waals surface area contributed by atoms with Crippen LogP contribution in [0.25, 0.3) is 0 Å². The van der Waals surface area contributed by atoms with Crippen LogP contribution in [0.2, 0.25) is 0 Å². The molecule has 1 aromatic rings. The summed E-state index contributed by atoms with van der Waals surface area (Å²) < 4.78 is 0. The smallest absolute Gasteiger partial charge is 0.128 e. The number of hydrogen-bond acceptors (Lipinski definition) is 3. The summed E-state index contributed by atoms with van der Waals surface area (Å²) in [6.45, 7) is 8.96. The summed E-state index contributed by atoms with van der Waals surface area (Å²) in [5.41, 5.74) is 3.92. The van der Waals surface area contributed by atoms with Crippen LogP contribution in [0.3, 0.4) is 0 Å². The van der Waals surface area contributed by atoms with Crippen LogP contribution in [0.1, 0.15) is 32.3 Å². The number of likely N-dealkylation sites (N-methyl/N-ethyl adjacent to an activating group) is 1. The molecule has 0 amide bonds. The maximum Gasteiger partial charge on any atom is 0.128 e. The fourth-order valence-corrected chi connectivity index (χ4v) is 3.65. The average Bonchev–Trinajstić information content (AvgIpc) is 2.83. The Morgan fingerprint density at radius 2 is 2.05 bits per heavy atom. The largest absolute Gasteiger partial charge is 0.355 e. The van der Waals surface area contributed by atoms with Crippen LogP contribution in [0.15, 0.2) is 43.0 Å². The Labute approximate surface area is 115 Å². The van der Waals surface area contributed by atoms with E-state index in [0.717, 1.165) is 12.8 Å². The van der Waals surface area contributed by atoms with E-state index in [-0.39, 0.29) is 11.6 Å². The predicted octanol–water partition coefficient (Wildman–Crippen LogP) is 3.26. The molecular weight excluding hydrogens is 234 g/mol. The zero-order valence-corrected chi connectivity index (χ0v) is 11.9. The molecule has 19 heavy (non-hydrogen) atoms. The Morgan fingerprint density at radius 1 is 1.32 bits per heavy atom. The molecule has 0 spiro atoms. The first kappa shape index (κ1) is 12.3. The van der Waals surface area contributed by atoms with Gasteiger partial charge in [0.05, 0.1) is 0 Å². The number of aromatic nitrogens is 1. The first-order valence-electron chi connectivity index (χ1n) is 6.98. The maximum absolute atomic E-state index is 4.45. The van der Waals surface area contributed by atoms with Gasteiger partial charge >= 0.3 is 0 Å². The standard InChI is InChI=1S/C16H21N3/c1-5-16(6-2)12(3)15-18(4)9-10-19(15)14-7-8-17-11-13(14)16/h7-11,15H,3,5-6H2,1-2,4H3. The highest BCUT2D eigenvalue weighted by atomic mass is 15.4. The first-order valence-corrected chi connectivity index (χ1v) is 6.98. The Morgan fingerprint density at radius 3 is 2.74 bits per heavy atom. The minimum absolute atomic E-state index is 0.0467. The van der Waals surface area contributed by atoms with E-state index < -0.39 is 0 Å². The van der Waals surface area contributed by atoms with Crippen molar-refractivity contribution in [2.75, 3.05) is 11.9 Å². The van der Waals surface area contributed by atoms with E-state index in [1.54, 1.807) is 0 Å². The lowest BCUT2D eigenvalue weighted by atomic mass is 9.67. The van der Waals surface area contributed by atoms with Gasteiger partial charge in [-0.15, -0.1) is 0 Å². The molecule has 3 heterocycles. The highest BCUT2D eigenvalue weighted by Crippen LogP contribution is 2.50. The van der Waals surface area contributed by atoms with E-state index in [0.29, 0.717) is 0 Å². The van der Waals surface area contributed by atoms with E-state index in [1.807, 2.05) is 12.4 Å². The fraction of sp³-hybridized carbons (Fsp3) is 0.438. The number of fused-ring (bicyclic) bond motifs is 3. The third-order valence-electron chi connectivity index (χ3n) is 4.84. The molecule has 0 N–H and O–H groups in total. The lowest BCUT2D eigenvalue weighted by Crippen LogP contribution is -2.49. The topological polar surface area (TPSA) is 19.4 Å². The minimum Gasteiger partial charge on any atom is -0.355 e. The highest BCUT2D eigenvalue weighted by molar-refractivity contribution is 5.67. The Kier molecular flexibility index (Phi) is 2.66. The van der Waals surface area contributed by atoms with Gasteiger partial charge in [0.25, 0.3) is 0 Å². The van der Waals surface area contributed by atoms with Crippen molar-refractivity contribution in [2.24, 2.45) is 0 Å². The number of hydrogen-bond donors (Lipinski definition) is 0. The number of nitrogens with zero attached hydrogens (tertiary/aromatic N) is 3. The molecule has 0 aliphatic carbocycles. The zero-order valence-electron chi connectivity index (χ0n) is 11.9. The Bertz CT molecular complexity index is 543. The molecule has 0 saturated heterocycles. The highest BCUT2D eigenvalue weighted by Gasteiger charge is 2.46. The summed E-state index contributed by atoms with van der Waals surface area (Å²) in [7, 11) is 2.12. The minimum atomic E-state index is 0.0467. The Balaban J connectivity index is 2.25. The molecular formula is C16H21N3. The summed E-state index contributed by atoms with van der Waals surface area (Å²) in [4.78, 5) is 8.90. The third-order valence-corrected chi connectivity index (χ3v) is 4.84. The fourth-order valence-electron chi connectivity index (χ4n) is 3.65. The van der Waals surface area contributed by atoms with Crippen LogP contribution < -0.4 is 4.90 Å². The van der Waals surface area contributed by atoms with Crippen LogP contribution in [-0.2, 0) is 5.41 Å². The average molecular weight is 255 g/mol. The molecule has 0 radical (unpaired) electrons. The summed E-state index contributed by atoms with van der Waals surface area (Å²) in [5, 5.41) is 0. The van der Waals surface area contributed by atoms with Crippen molar-refractivity contribution in [3.8, 4) is 0 Å². The van der Waals surface area contributed by atoms with Gasteiger partial charge in [-0.05, 0) is 24.5 Å². The monoisotopic (exact) mass is 255 g/mol. The molecule has 0 fully saturated rings. The van der Waals surface area contributed by atoms with Gasteiger partial charge < -0.3 is 9.80 Å². The van der Waals surface area contributed by atoms with Crippen LogP contribution in [0.5, 0.6) is 0 Å². The lowest BCUT2D eigenvalue weighted by Gasteiger charge is -2.48. The van der Waals surface area contributed by atoms with Gasteiger partial charge in [-0.3, -0.25) is 4.98 Å². The molecule has 2 aliphatic heterocycles. The normalized spacial score (nSPS) is 23.5. The van der Waals surface area contributed by atoms with Crippen LogP contribution >= 0.6 is 0 Å². The first-order chi connectivity index (χ1) is 9.15. The van der Waals surface area contributed by atoms with Crippen molar-refractivity contribution in [1.29, 1.82) is 0 Å². The second-order valence-electron chi connectivity index (χ2n) is 5.45. The van der Waals surface area contributed by atoms with Gasteiger partial charge in [0.2, 0.25) is 0 Å². The van der Waals surface area contributed by atoms with E-state index >= 15 is 0 Å². The molecule has 0 bridgehead atoms. The summed E-state index contributed by atoms with van der Waals surface area (Å²) in [5.74, 6) is 0. The molecule has 3 rings (SSSR count). The van der Waals surface area contributed by atoms with Gasteiger partial charge in [0.15, 0.2) is 0 Å². The molecule has 3 nitrogen and oxygen atoms in total. The summed E-state index contributed by atoms with van der Waals surface area (Å²) >= 11 is 0. The molecule has 1 unspecified atom stereocenters. The van der Waals surface area contributed by atoms with Crippen LogP contribution in [0, 0.1) is 0 Å². The van der Waals surface area contributed by atoms with Gasteiger partial charge in [0, 0.05) is 48.5 Å². The second-order valence-corrected chi connectivity index (χ2v) is 5.45. The molecule has 3 heteroatoms. The van der Waals surface area contributed by atoms with Gasteiger partial charge in [-0.1, -0.05) is 20.4 Å². The molecule has 1 aromatic heterocycles. The van der Waals surface area contributed by atoms with Crippen molar-refractivity contribution in [3.63, 3.8) is 0 Å². The van der Waals surface area contributed by atoms with E-state index in [4.69, 9.17) is 0 Å². The van der Waals surface area contributed by atoms with Crippen LogP contribution in [0.4, 0.5) is 5.69 Å². The van der Waals surface area contributed by atoms with Gasteiger partial charge in [-0.25, -0.2) is 0 Å². The lowest BCUT2D eigenvalue weighted by molar-refractivity contribution is 0.323. The molecule has 100 valence electrons. The van der Waals surface area contributed by atoms with E-state index in [9.17, 15) is 0 Å². The van der Waals surface area contributed by atoms with Crippen molar-refractivity contribution >= 4 is 5.69 Å². The third kappa shape index (κ3) is 1.41. The maximum atomic E-state index is 4.45. The van der Waals surface area contributed by atoms with Crippen molar-refractivity contribution in [3.05, 3.63) is 48.6 Å². The quantitative estimate of drug-likeness (QED) is 0.756. The number of anilines is 1. The SMILES string of the molecule is C=C1C2N(C)C=CN2c2ccncc2C1(CC)CC. The Hall–Kier alpha value is -1.77. The summed E-state index contributed by atoms with van der Waals surface area (Å²) in [6.07, 6.45) is 10.6.